The number of hydrogen-bond acceptors (Lipinski definition) is 5. The Kier molecular flexibility index (Phi) is 5.35. The summed E-state index contributed by atoms with van der Waals surface area (Å²) in [6.07, 6.45) is 4.23. The summed E-state index contributed by atoms with van der Waals surface area (Å²) in [7, 11) is 4.06. The van der Waals surface area contributed by atoms with E-state index in [-0.39, 0.29) is 24.0 Å². The Morgan fingerprint density at radius 3 is 2.32 bits per heavy atom. The zero-order valence-electron chi connectivity index (χ0n) is 12.2. The molecule has 6 heteroatoms. The number of hydrogen-bond donors (Lipinski definition) is 1. The van der Waals surface area contributed by atoms with Crippen LogP contribution in [0, 0.1) is 5.92 Å². The Morgan fingerprint density at radius 1 is 1.26 bits per heavy atom. The van der Waals surface area contributed by atoms with Gasteiger partial charge in [0.05, 0.1) is 11.6 Å². The van der Waals surface area contributed by atoms with Crippen LogP contribution < -0.4 is 5.73 Å². The van der Waals surface area contributed by atoms with Crippen molar-refractivity contribution in [2.75, 3.05) is 14.1 Å². The zero-order valence-corrected chi connectivity index (χ0v) is 13.0. The maximum absolute atomic E-state index is 6.35. The van der Waals surface area contributed by atoms with Crippen molar-refractivity contribution < 1.29 is 4.52 Å². The first kappa shape index (κ1) is 16.4. The standard InChI is InChI=1S/C13H24N4O.ClH/c1-9(2)10(17(3)4)11-15-12(16-18-11)13(14)7-5-6-8-13;/h9-10H,5-8,14H2,1-4H3;1H/t10-;/m1./s1. The van der Waals surface area contributed by atoms with Crippen LogP contribution in [-0.2, 0) is 5.54 Å². The van der Waals surface area contributed by atoms with Gasteiger partial charge in [0.2, 0.25) is 5.89 Å². The Balaban J connectivity index is 0.00000180. The molecule has 0 aromatic carbocycles. The maximum atomic E-state index is 6.35. The van der Waals surface area contributed by atoms with Crippen LogP contribution in [-0.4, -0.2) is 29.1 Å². The zero-order chi connectivity index (χ0) is 13.3. The van der Waals surface area contributed by atoms with Gasteiger partial charge in [0.1, 0.15) is 0 Å². The highest BCUT2D eigenvalue weighted by molar-refractivity contribution is 5.85. The number of halogens is 1. The number of nitrogens with two attached hydrogens (primary N) is 1. The summed E-state index contributed by atoms with van der Waals surface area (Å²) in [5.74, 6) is 1.79. The summed E-state index contributed by atoms with van der Waals surface area (Å²) in [4.78, 5) is 6.67. The van der Waals surface area contributed by atoms with Crippen LogP contribution in [0.25, 0.3) is 0 Å². The van der Waals surface area contributed by atoms with Crippen molar-refractivity contribution in [1.82, 2.24) is 15.0 Å². The fourth-order valence-electron chi connectivity index (χ4n) is 2.89. The molecule has 0 amide bonds. The predicted molar refractivity (Wildman–Crippen MR) is 77.1 cm³/mol. The largest absolute Gasteiger partial charge is 0.338 e. The van der Waals surface area contributed by atoms with Gasteiger partial charge in [-0.1, -0.05) is 31.8 Å². The lowest BCUT2D eigenvalue weighted by Gasteiger charge is -2.24. The predicted octanol–water partition coefficient (Wildman–Crippen LogP) is 2.48. The minimum atomic E-state index is -0.365. The van der Waals surface area contributed by atoms with Gasteiger partial charge in [-0.15, -0.1) is 12.4 Å². The third-order valence-corrected chi connectivity index (χ3v) is 3.82. The van der Waals surface area contributed by atoms with Crippen LogP contribution in [0.5, 0.6) is 0 Å². The summed E-state index contributed by atoms with van der Waals surface area (Å²) in [6, 6.07) is 0.149. The minimum Gasteiger partial charge on any atom is -0.338 e. The van der Waals surface area contributed by atoms with E-state index in [0.29, 0.717) is 17.6 Å². The lowest BCUT2D eigenvalue weighted by Crippen LogP contribution is -2.34. The van der Waals surface area contributed by atoms with E-state index < -0.39 is 0 Å². The van der Waals surface area contributed by atoms with E-state index in [9.17, 15) is 0 Å². The molecule has 110 valence electrons. The van der Waals surface area contributed by atoms with E-state index >= 15 is 0 Å². The lowest BCUT2D eigenvalue weighted by atomic mass is 9.98. The third kappa shape index (κ3) is 3.27. The summed E-state index contributed by atoms with van der Waals surface area (Å²) in [6.45, 7) is 4.31. The van der Waals surface area contributed by atoms with Gasteiger partial charge >= 0.3 is 0 Å². The molecule has 0 radical (unpaired) electrons. The fraction of sp³-hybridized carbons (Fsp3) is 0.846. The third-order valence-electron chi connectivity index (χ3n) is 3.82. The van der Waals surface area contributed by atoms with E-state index in [1.54, 1.807) is 0 Å². The summed E-state index contributed by atoms with van der Waals surface area (Å²) < 4.78 is 5.44. The molecule has 1 heterocycles. The Labute approximate surface area is 121 Å². The summed E-state index contributed by atoms with van der Waals surface area (Å²) in [5.41, 5.74) is 5.98. The molecule has 1 aliphatic carbocycles. The molecule has 1 saturated carbocycles. The van der Waals surface area contributed by atoms with Crippen LogP contribution in [0.15, 0.2) is 4.52 Å². The molecule has 0 unspecified atom stereocenters. The van der Waals surface area contributed by atoms with Crippen molar-refractivity contribution in [3.8, 4) is 0 Å². The van der Waals surface area contributed by atoms with Gasteiger partial charge in [-0.25, -0.2) is 0 Å². The highest BCUT2D eigenvalue weighted by Crippen LogP contribution is 2.35. The minimum absolute atomic E-state index is 0. The molecule has 1 fully saturated rings. The topological polar surface area (TPSA) is 68.2 Å². The molecular weight excluding hydrogens is 264 g/mol. The molecule has 0 bridgehead atoms. The van der Waals surface area contributed by atoms with E-state index in [1.165, 1.54) is 0 Å². The van der Waals surface area contributed by atoms with Gasteiger partial charge in [0.15, 0.2) is 5.82 Å². The SMILES string of the molecule is CC(C)[C@H](c1nc(C2(N)CCCC2)no1)N(C)C.Cl. The molecular formula is C13H25ClN4O. The molecule has 2 rings (SSSR count). The van der Waals surface area contributed by atoms with E-state index in [1.807, 2.05) is 14.1 Å². The lowest BCUT2D eigenvalue weighted by molar-refractivity contribution is 0.181. The number of nitrogens with zero attached hydrogens (tertiary/aromatic N) is 3. The molecule has 1 aromatic heterocycles. The fourth-order valence-corrected chi connectivity index (χ4v) is 2.89. The van der Waals surface area contributed by atoms with Crippen LogP contribution in [0.4, 0.5) is 0 Å². The number of rotatable bonds is 4. The van der Waals surface area contributed by atoms with Crippen molar-refractivity contribution in [1.29, 1.82) is 0 Å². The average Bonchev–Trinajstić information content (AvgIpc) is 2.87. The molecule has 1 aromatic rings. The van der Waals surface area contributed by atoms with Crippen LogP contribution in [0.1, 0.15) is 57.3 Å². The number of aromatic nitrogens is 2. The van der Waals surface area contributed by atoms with Gasteiger partial charge < -0.3 is 10.3 Å². The summed E-state index contributed by atoms with van der Waals surface area (Å²) in [5, 5.41) is 4.12. The van der Waals surface area contributed by atoms with Crippen molar-refractivity contribution >= 4 is 12.4 Å². The normalized spacial score (nSPS) is 19.7. The smallest absolute Gasteiger partial charge is 0.244 e. The van der Waals surface area contributed by atoms with Crippen molar-refractivity contribution in [2.24, 2.45) is 11.7 Å². The van der Waals surface area contributed by atoms with E-state index in [0.717, 1.165) is 25.7 Å². The first-order chi connectivity index (χ1) is 8.44. The first-order valence-electron chi connectivity index (χ1n) is 6.73. The second kappa shape index (κ2) is 6.20. The van der Waals surface area contributed by atoms with Crippen LogP contribution >= 0.6 is 12.4 Å². The van der Waals surface area contributed by atoms with Crippen molar-refractivity contribution in [3.63, 3.8) is 0 Å². The second-order valence-electron chi connectivity index (χ2n) is 5.97. The summed E-state index contributed by atoms with van der Waals surface area (Å²) >= 11 is 0. The molecule has 0 saturated heterocycles. The van der Waals surface area contributed by atoms with Gasteiger partial charge in [0, 0.05) is 0 Å². The Bertz CT molecular complexity index is 391. The molecule has 0 spiro atoms. The molecule has 5 nitrogen and oxygen atoms in total. The first-order valence-corrected chi connectivity index (χ1v) is 6.73. The quantitative estimate of drug-likeness (QED) is 0.922. The van der Waals surface area contributed by atoms with Gasteiger partial charge in [0.25, 0.3) is 0 Å². The molecule has 19 heavy (non-hydrogen) atoms. The Morgan fingerprint density at radius 2 is 1.84 bits per heavy atom. The monoisotopic (exact) mass is 288 g/mol. The average molecular weight is 289 g/mol. The van der Waals surface area contributed by atoms with Gasteiger partial charge in [-0.3, -0.25) is 4.90 Å². The highest BCUT2D eigenvalue weighted by atomic mass is 35.5. The Hall–Kier alpha value is -0.650. The molecule has 2 N–H and O–H groups in total. The maximum Gasteiger partial charge on any atom is 0.244 e. The van der Waals surface area contributed by atoms with E-state index in [4.69, 9.17) is 10.3 Å². The molecule has 1 aliphatic rings. The van der Waals surface area contributed by atoms with Crippen molar-refractivity contribution in [2.45, 2.75) is 51.1 Å². The second-order valence-corrected chi connectivity index (χ2v) is 5.97. The molecule has 1 atom stereocenters. The van der Waals surface area contributed by atoms with Gasteiger partial charge in [-0.2, -0.15) is 4.98 Å². The van der Waals surface area contributed by atoms with Gasteiger partial charge in [-0.05, 0) is 32.9 Å². The molecule has 0 aliphatic heterocycles. The van der Waals surface area contributed by atoms with Crippen LogP contribution in [0.3, 0.4) is 0 Å². The van der Waals surface area contributed by atoms with E-state index in [2.05, 4.69) is 28.9 Å². The highest BCUT2D eigenvalue weighted by Gasteiger charge is 2.37. The van der Waals surface area contributed by atoms with Crippen molar-refractivity contribution in [3.05, 3.63) is 11.7 Å². The van der Waals surface area contributed by atoms with Crippen LogP contribution in [0.2, 0.25) is 0 Å².